The Labute approximate surface area is 278 Å². The van der Waals surface area contributed by atoms with Crippen LogP contribution in [-0.2, 0) is 0 Å². The molecule has 6 N–H and O–H groups in total. The summed E-state index contributed by atoms with van der Waals surface area (Å²) in [6, 6.07) is 19.6. The van der Waals surface area contributed by atoms with Gasteiger partial charge in [0.15, 0.2) is 0 Å². The highest BCUT2D eigenvalue weighted by Gasteiger charge is 2.22. The molecule has 0 fully saturated rings. The van der Waals surface area contributed by atoms with Crippen LogP contribution in [0.4, 0.5) is 21.0 Å². The van der Waals surface area contributed by atoms with E-state index in [-0.39, 0.29) is 28.3 Å². The number of phenolic OH excluding ortho intramolecular Hbond substituents is 1. The average Bonchev–Trinajstić information content (AvgIpc) is 3.44. The quantitative estimate of drug-likeness (QED) is 0.110. The molecule has 1 aromatic heterocycles. The van der Waals surface area contributed by atoms with Gasteiger partial charge in [-0.25, -0.2) is 9.59 Å². The van der Waals surface area contributed by atoms with Crippen molar-refractivity contribution in [1.82, 2.24) is 15.6 Å². The molecule has 48 heavy (non-hydrogen) atoms. The predicted octanol–water partition coefficient (Wildman–Crippen LogP) is 7.08. The zero-order valence-electron chi connectivity index (χ0n) is 25.8. The van der Waals surface area contributed by atoms with Gasteiger partial charge in [-0.05, 0) is 79.0 Å². The molecule has 0 unspecified atom stereocenters. The Morgan fingerprint density at radius 3 is 2.23 bits per heavy atom. The molecule has 0 aliphatic heterocycles. The number of rotatable bonds is 6. The van der Waals surface area contributed by atoms with Gasteiger partial charge in [-0.3, -0.25) is 20.2 Å². The first-order valence-corrected chi connectivity index (χ1v) is 14.9. The van der Waals surface area contributed by atoms with Gasteiger partial charge in [-0.2, -0.15) is 0 Å². The molecule has 5 aromatic carbocycles. The minimum atomic E-state index is -0.951. The summed E-state index contributed by atoms with van der Waals surface area (Å²) in [5, 5.41) is 24.3. The Morgan fingerprint density at radius 2 is 1.50 bits per heavy atom. The first-order chi connectivity index (χ1) is 23.1. The van der Waals surface area contributed by atoms with Crippen LogP contribution in [0.2, 0.25) is 5.02 Å². The number of hydrogen-bond acceptors (Lipinski definition) is 7. The number of anilines is 2. The monoisotopic (exact) mass is 665 g/mol. The Balaban J connectivity index is 1.18. The number of hydrogen-bond donors (Lipinski definition) is 6. The number of urea groups is 2. The molecule has 242 valence electrons. The first-order valence-electron chi connectivity index (χ1n) is 14.5. The standard InChI is InChI=1S/C35H28ClN5O7/c1-17-29-18(4-11-23-24-16-20(36)6-12-26(24)38-30(23)29)14-25(31(17)42)33(44)41-35(46)39-27-15-19(5-13-28(27)48-3)32(43)40-34(45)37-21-7-9-22(47-2)10-8-21/h4-16,38,42H,1-3H3,(H2,37,40,43,45)(H2,39,41,44,46). The van der Waals surface area contributed by atoms with Crippen molar-refractivity contribution in [3.05, 3.63) is 101 Å². The van der Waals surface area contributed by atoms with E-state index in [0.717, 1.165) is 27.2 Å². The lowest BCUT2D eigenvalue weighted by atomic mass is 9.97. The van der Waals surface area contributed by atoms with Crippen LogP contribution in [0.15, 0.2) is 78.9 Å². The highest BCUT2D eigenvalue weighted by atomic mass is 35.5. The molecule has 6 rings (SSSR count). The zero-order valence-corrected chi connectivity index (χ0v) is 26.5. The van der Waals surface area contributed by atoms with E-state index >= 15 is 0 Å². The largest absolute Gasteiger partial charge is 0.507 e. The first kappa shape index (κ1) is 31.7. The number of carbonyl (C=O) groups excluding carboxylic acids is 4. The minimum absolute atomic E-state index is 0.0238. The summed E-state index contributed by atoms with van der Waals surface area (Å²) in [6.45, 7) is 1.69. The summed E-state index contributed by atoms with van der Waals surface area (Å²) in [7, 11) is 2.88. The van der Waals surface area contributed by atoms with Gasteiger partial charge in [0, 0.05) is 43.5 Å². The molecule has 0 aliphatic carbocycles. The molecule has 0 radical (unpaired) electrons. The summed E-state index contributed by atoms with van der Waals surface area (Å²) in [5.74, 6) is -1.12. The third-order valence-electron chi connectivity index (χ3n) is 7.81. The van der Waals surface area contributed by atoms with Crippen molar-refractivity contribution in [2.24, 2.45) is 0 Å². The number of nitrogens with one attached hydrogen (secondary N) is 5. The second-order valence-electron chi connectivity index (χ2n) is 10.8. The molecule has 0 saturated carbocycles. The Kier molecular flexibility index (Phi) is 8.49. The molecule has 1 heterocycles. The van der Waals surface area contributed by atoms with E-state index in [0.29, 0.717) is 27.4 Å². The number of carbonyl (C=O) groups is 4. The summed E-state index contributed by atoms with van der Waals surface area (Å²) in [6.07, 6.45) is 0. The van der Waals surface area contributed by atoms with E-state index in [2.05, 4.69) is 26.3 Å². The topological polar surface area (TPSA) is 171 Å². The van der Waals surface area contributed by atoms with Gasteiger partial charge < -0.3 is 30.2 Å². The number of aromatic nitrogens is 1. The van der Waals surface area contributed by atoms with Crippen LogP contribution in [0.3, 0.4) is 0 Å². The number of halogens is 1. The number of H-pyrrole nitrogens is 1. The number of methoxy groups -OCH3 is 2. The molecular weight excluding hydrogens is 638 g/mol. The van der Waals surface area contributed by atoms with Crippen molar-refractivity contribution in [2.45, 2.75) is 6.92 Å². The molecule has 0 atom stereocenters. The maximum Gasteiger partial charge on any atom is 0.326 e. The van der Waals surface area contributed by atoms with Crippen LogP contribution in [0.25, 0.3) is 32.6 Å². The lowest BCUT2D eigenvalue weighted by molar-refractivity contribution is 0.0955. The SMILES string of the molecule is COc1ccc(NC(=O)NC(=O)c2ccc(OC)c(NC(=O)NC(=O)c3cc4ccc5c6cc(Cl)ccc6[nH]c5c4c(C)c3O)c2)cc1. The molecule has 12 nitrogen and oxygen atoms in total. The Hall–Kier alpha value is -6.27. The highest BCUT2D eigenvalue weighted by Crippen LogP contribution is 2.38. The van der Waals surface area contributed by atoms with Crippen molar-refractivity contribution in [3.8, 4) is 17.2 Å². The summed E-state index contributed by atoms with van der Waals surface area (Å²) < 4.78 is 10.4. The maximum atomic E-state index is 13.2. The molecule has 6 aromatic rings. The number of aryl methyl sites for hydroxylation is 1. The number of benzene rings is 5. The smallest absolute Gasteiger partial charge is 0.326 e. The molecule has 0 aliphatic rings. The second-order valence-corrected chi connectivity index (χ2v) is 11.2. The van der Waals surface area contributed by atoms with Crippen molar-refractivity contribution in [2.75, 3.05) is 24.9 Å². The Bertz CT molecular complexity index is 2280. The summed E-state index contributed by atoms with van der Waals surface area (Å²) in [5.41, 5.74) is 2.48. The number of phenols is 1. The number of fused-ring (bicyclic) bond motifs is 5. The summed E-state index contributed by atoms with van der Waals surface area (Å²) in [4.78, 5) is 54.8. The van der Waals surface area contributed by atoms with Crippen LogP contribution >= 0.6 is 11.6 Å². The fraction of sp³-hybridized carbons (Fsp3) is 0.0857. The van der Waals surface area contributed by atoms with E-state index in [1.54, 1.807) is 37.3 Å². The third-order valence-corrected chi connectivity index (χ3v) is 8.05. The average molecular weight is 666 g/mol. The third kappa shape index (κ3) is 6.11. The van der Waals surface area contributed by atoms with Gasteiger partial charge in [0.2, 0.25) is 0 Å². The minimum Gasteiger partial charge on any atom is -0.507 e. The molecule has 0 bridgehead atoms. The van der Waals surface area contributed by atoms with Crippen LogP contribution in [0, 0.1) is 6.92 Å². The van der Waals surface area contributed by atoms with E-state index in [1.807, 2.05) is 24.3 Å². The second kappa shape index (κ2) is 12.9. The van der Waals surface area contributed by atoms with Crippen LogP contribution in [-0.4, -0.2) is 48.2 Å². The number of aromatic hydroxyl groups is 1. The van der Waals surface area contributed by atoms with Crippen LogP contribution in [0.5, 0.6) is 17.2 Å². The van der Waals surface area contributed by atoms with E-state index in [9.17, 15) is 24.3 Å². The Morgan fingerprint density at radius 1 is 0.771 bits per heavy atom. The van der Waals surface area contributed by atoms with Gasteiger partial charge in [0.25, 0.3) is 11.8 Å². The van der Waals surface area contributed by atoms with E-state index < -0.39 is 23.9 Å². The van der Waals surface area contributed by atoms with Gasteiger partial charge >= 0.3 is 12.1 Å². The fourth-order valence-electron chi connectivity index (χ4n) is 5.48. The number of ether oxygens (including phenoxy) is 2. The van der Waals surface area contributed by atoms with E-state index in [1.165, 1.54) is 38.5 Å². The number of amides is 6. The fourth-order valence-corrected chi connectivity index (χ4v) is 5.65. The van der Waals surface area contributed by atoms with Crippen molar-refractivity contribution in [1.29, 1.82) is 0 Å². The molecule has 0 saturated heterocycles. The molecule has 0 spiro atoms. The van der Waals surface area contributed by atoms with Gasteiger partial charge in [0.05, 0.1) is 31.0 Å². The molecule has 13 heteroatoms. The normalized spacial score (nSPS) is 10.9. The van der Waals surface area contributed by atoms with Gasteiger partial charge in [-0.1, -0.05) is 23.7 Å². The maximum absolute atomic E-state index is 13.2. The lowest BCUT2D eigenvalue weighted by Crippen LogP contribution is -2.35. The zero-order chi connectivity index (χ0) is 34.1. The highest BCUT2D eigenvalue weighted by molar-refractivity contribution is 6.32. The van der Waals surface area contributed by atoms with Crippen molar-refractivity contribution in [3.63, 3.8) is 0 Å². The van der Waals surface area contributed by atoms with Gasteiger partial charge in [0.1, 0.15) is 17.2 Å². The summed E-state index contributed by atoms with van der Waals surface area (Å²) >= 11 is 6.21. The van der Waals surface area contributed by atoms with Gasteiger partial charge in [-0.15, -0.1) is 0 Å². The molecule has 6 amide bonds. The van der Waals surface area contributed by atoms with E-state index in [4.69, 9.17) is 21.1 Å². The molecular formula is C35H28ClN5O7. The number of imide groups is 2. The van der Waals surface area contributed by atoms with Crippen LogP contribution < -0.4 is 30.7 Å². The number of aromatic amines is 1. The van der Waals surface area contributed by atoms with Crippen molar-refractivity contribution < 1.29 is 33.8 Å². The lowest BCUT2D eigenvalue weighted by Gasteiger charge is -2.14. The van der Waals surface area contributed by atoms with Crippen LogP contribution in [0.1, 0.15) is 26.3 Å². The predicted molar refractivity (Wildman–Crippen MR) is 184 cm³/mol. The van der Waals surface area contributed by atoms with Crippen molar-refractivity contribution >= 4 is 79.4 Å².